The Bertz CT molecular complexity index is 890. The fourth-order valence-electron chi connectivity index (χ4n) is 3.39. The normalized spacial score (nSPS) is 15.1. The lowest BCUT2D eigenvalue weighted by molar-refractivity contribution is 0.0531. The highest BCUT2D eigenvalue weighted by Gasteiger charge is 2.20. The highest BCUT2D eigenvalue weighted by Crippen LogP contribution is 2.24. The van der Waals surface area contributed by atoms with Gasteiger partial charge in [-0.25, -0.2) is 19.8 Å². The minimum atomic E-state index is -0.318. The number of carbonyl (C=O) groups is 1. The molecule has 1 aliphatic heterocycles. The summed E-state index contributed by atoms with van der Waals surface area (Å²) in [5.74, 6) is 1.42. The molecule has 0 aromatic carbocycles. The summed E-state index contributed by atoms with van der Waals surface area (Å²) in [4.78, 5) is 28.8. The number of guanidine groups is 1. The second-order valence-electron chi connectivity index (χ2n) is 7.47. The van der Waals surface area contributed by atoms with E-state index in [0.29, 0.717) is 29.7 Å². The predicted octanol–water partition coefficient (Wildman–Crippen LogP) is 3.44. The molecule has 3 heterocycles. The van der Waals surface area contributed by atoms with Crippen molar-refractivity contribution in [3.63, 3.8) is 0 Å². The average molecular weight is 445 g/mol. The Kier molecular flexibility index (Phi) is 8.22. The zero-order valence-electron chi connectivity index (χ0n) is 18.8. The summed E-state index contributed by atoms with van der Waals surface area (Å²) < 4.78 is 5.12. The number of hydrogen-bond donors (Lipinski definition) is 2. The lowest BCUT2D eigenvalue weighted by Crippen LogP contribution is -2.38. The van der Waals surface area contributed by atoms with Crippen LogP contribution < -0.4 is 15.5 Å². The van der Waals surface area contributed by atoms with E-state index in [1.165, 1.54) is 24.2 Å². The molecule has 2 aromatic rings. The van der Waals surface area contributed by atoms with Crippen LogP contribution >= 0.6 is 11.3 Å². The van der Waals surface area contributed by atoms with Gasteiger partial charge >= 0.3 is 5.97 Å². The minimum absolute atomic E-state index is 0.0969. The van der Waals surface area contributed by atoms with Gasteiger partial charge in [-0.15, -0.1) is 11.3 Å². The van der Waals surface area contributed by atoms with Gasteiger partial charge in [-0.2, -0.15) is 0 Å². The van der Waals surface area contributed by atoms with Gasteiger partial charge in [0.05, 0.1) is 24.9 Å². The number of rotatable bonds is 8. The number of anilines is 1. The van der Waals surface area contributed by atoms with Crippen molar-refractivity contribution in [2.45, 2.75) is 53.1 Å². The first-order chi connectivity index (χ1) is 15.0. The molecule has 0 saturated carbocycles. The molecule has 0 aliphatic carbocycles. The van der Waals surface area contributed by atoms with Crippen LogP contribution in [0.4, 0.5) is 5.82 Å². The molecule has 8 nitrogen and oxygen atoms in total. The van der Waals surface area contributed by atoms with Crippen molar-refractivity contribution >= 4 is 29.1 Å². The molecule has 1 atom stereocenters. The molecule has 0 radical (unpaired) electrons. The smallest absolute Gasteiger partial charge is 0.350 e. The van der Waals surface area contributed by atoms with Crippen LogP contribution in [0.3, 0.4) is 0 Å². The molecule has 0 amide bonds. The second kappa shape index (κ2) is 11.1. The number of nitrogens with one attached hydrogen (secondary N) is 2. The number of esters is 1. The van der Waals surface area contributed by atoms with Gasteiger partial charge in [0, 0.05) is 25.8 Å². The maximum Gasteiger partial charge on any atom is 0.350 e. The monoisotopic (exact) mass is 444 g/mol. The van der Waals surface area contributed by atoms with Crippen molar-refractivity contribution in [2.75, 3.05) is 31.1 Å². The van der Waals surface area contributed by atoms with Crippen molar-refractivity contribution in [1.29, 1.82) is 0 Å². The topological polar surface area (TPSA) is 91.7 Å². The average Bonchev–Trinajstić information content (AvgIpc) is 3.43. The van der Waals surface area contributed by atoms with Crippen molar-refractivity contribution < 1.29 is 9.53 Å². The van der Waals surface area contributed by atoms with Crippen molar-refractivity contribution in [3.8, 4) is 0 Å². The third-order valence-electron chi connectivity index (χ3n) is 5.00. The Hall–Kier alpha value is -2.68. The largest absolute Gasteiger partial charge is 0.462 e. The van der Waals surface area contributed by atoms with Crippen LogP contribution in [-0.2, 0) is 11.3 Å². The molecule has 3 rings (SSSR count). The van der Waals surface area contributed by atoms with Crippen LogP contribution in [0, 0.1) is 6.92 Å². The zero-order chi connectivity index (χ0) is 22.2. The molecule has 31 heavy (non-hydrogen) atoms. The number of aryl methyl sites for hydroxylation is 1. The number of ether oxygens (including phenoxy) is 1. The Labute approximate surface area is 188 Å². The van der Waals surface area contributed by atoms with E-state index in [-0.39, 0.29) is 12.0 Å². The van der Waals surface area contributed by atoms with Crippen molar-refractivity contribution in [3.05, 3.63) is 39.5 Å². The Morgan fingerprint density at radius 2 is 2.10 bits per heavy atom. The molecule has 2 N–H and O–H groups in total. The first kappa shape index (κ1) is 23.0. The summed E-state index contributed by atoms with van der Waals surface area (Å²) in [6, 6.07) is 4.07. The van der Waals surface area contributed by atoms with Crippen LogP contribution in [0.25, 0.3) is 0 Å². The predicted molar refractivity (Wildman–Crippen MR) is 125 cm³/mol. The number of nitrogens with zero attached hydrogens (tertiary/aromatic N) is 4. The van der Waals surface area contributed by atoms with E-state index in [4.69, 9.17) is 9.73 Å². The van der Waals surface area contributed by atoms with E-state index >= 15 is 0 Å². The fourth-order valence-corrected chi connectivity index (χ4v) is 4.35. The van der Waals surface area contributed by atoms with E-state index in [1.54, 1.807) is 6.92 Å². The Balaban J connectivity index is 1.64. The molecule has 1 fully saturated rings. The van der Waals surface area contributed by atoms with E-state index in [1.807, 2.05) is 27.0 Å². The van der Waals surface area contributed by atoms with Crippen LogP contribution in [0.15, 0.2) is 23.3 Å². The SMILES string of the molecule is CCNC(=NCc1ccc(N2CCCC2)nc1)NC(C)c1nc(C)c(C(=O)OCC)s1. The molecule has 1 saturated heterocycles. The summed E-state index contributed by atoms with van der Waals surface area (Å²) in [5, 5.41) is 7.47. The molecule has 2 aromatic heterocycles. The fraction of sp³-hybridized carbons (Fsp3) is 0.545. The van der Waals surface area contributed by atoms with Crippen LogP contribution in [0.2, 0.25) is 0 Å². The second-order valence-corrected chi connectivity index (χ2v) is 8.50. The number of hydrogen-bond acceptors (Lipinski definition) is 7. The molecule has 0 bridgehead atoms. The van der Waals surface area contributed by atoms with Gasteiger partial charge in [0.2, 0.25) is 0 Å². The third kappa shape index (κ3) is 6.16. The van der Waals surface area contributed by atoms with Gasteiger partial charge in [0.15, 0.2) is 5.96 Å². The Morgan fingerprint density at radius 1 is 1.32 bits per heavy atom. The summed E-state index contributed by atoms with van der Waals surface area (Å²) in [5.41, 5.74) is 1.75. The number of thiazole rings is 1. The number of pyridine rings is 1. The quantitative estimate of drug-likeness (QED) is 0.366. The molecule has 9 heteroatoms. The molecule has 1 unspecified atom stereocenters. The highest BCUT2D eigenvalue weighted by atomic mass is 32.1. The maximum atomic E-state index is 12.1. The van der Waals surface area contributed by atoms with Gasteiger partial charge in [-0.3, -0.25) is 0 Å². The zero-order valence-corrected chi connectivity index (χ0v) is 19.6. The summed E-state index contributed by atoms with van der Waals surface area (Å²) in [7, 11) is 0. The van der Waals surface area contributed by atoms with Gasteiger partial charge in [0.25, 0.3) is 0 Å². The van der Waals surface area contributed by atoms with Crippen LogP contribution in [0.5, 0.6) is 0 Å². The van der Waals surface area contributed by atoms with Gasteiger partial charge in [-0.1, -0.05) is 6.07 Å². The van der Waals surface area contributed by atoms with Crippen molar-refractivity contribution in [1.82, 2.24) is 20.6 Å². The lowest BCUT2D eigenvalue weighted by Gasteiger charge is -2.17. The van der Waals surface area contributed by atoms with Crippen LogP contribution in [-0.4, -0.2) is 48.1 Å². The number of aromatic nitrogens is 2. The first-order valence-corrected chi connectivity index (χ1v) is 11.7. The number of aliphatic imine (C=N–C) groups is 1. The van der Waals surface area contributed by atoms with Crippen LogP contribution in [0.1, 0.15) is 65.6 Å². The molecular weight excluding hydrogens is 412 g/mol. The van der Waals surface area contributed by atoms with Gasteiger partial charge in [0.1, 0.15) is 15.7 Å². The third-order valence-corrected chi connectivity index (χ3v) is 6.32. The molecule has 1 aliphatic rings. The standard InChI is InChI=1S/C22H32N6O2S/c1-5-23-22(25-14-17-9-10-18(24-13-17)28-11-7-8-12-28)27-16(4)20-26-15(3)19(31-20)21(29)30-6-2/h9-10,13,16H,5-8,11-12,14H2,1-4H3,(H2,23,25,27). The first-order valence-electron chi connectivity index (χ1n) is 10.9. The van der Waals surface area contributed by atoms with E-state index in [2.05, 4.69) is 37.6 Å². The van der Waals surface area contributed by atoms with E-state index in [9.17, 15) is 4.79 Å². The number of carbonyl (C=O) groups excluding carboxylic acids is 1. The lowest BCUT2D eigenvalue weighted by atomic mass is 10.3. The van der Waals surface area contributed by atoms with Crippen molar-refractivity contribution in [2.24, 2.45) is 4.99 Å². The highest BCUT2D eigenvalue weighted by molar-refractivity contribution is 7.13. The minimum Gasteiger partial charge on any atom is -0.462 e. The van der Waals surface area contributed by atoms with Gasteiger partial charge < -0.3 is 20.3 Å². The molecule has 0 spiro atoms. The molecular formula is C22H32N6O2S. The van der Waals surface area contributed by atoms with Gasteiger partial charge in [-0.05, 0) is 52.2 Å². The molecule has 168 valence electrons. The van der Waals surface area contributed by atoms with E-state index < -0.39 is 0 Å². The Morgan fingerprint density at radius 3 is 2.74 bits per heavy atom. The summed E-state index contributed by atoms with van der Waals surface area (Å²) in [6.45, 7) is 11.5. The summed E-state index contributed by atoms with van der Waals surface area (Å²) in [6.07, 6.45) is 4.38. The maximum absolute atomic E-state index is 12.1. The summed E-state index contributed by atoms with van der Waals surface area (Å²) >= 11 is 1.36. The van der Waals surface area contributed by atoms with E-state index in [0.717, 1.165) is 36.0 Å².